The average Bonchev–Trinajstić information content (AvgIpc) is 2.87. The SMILES string of the molecule is COc1cc(C(=O)N2CCC2)ccc1Nc1cc(Cl)nc2[nH]n(C)c(=O)c12. The van der Waals surface area contributed by atoms with Gasteiger partial charge in [-0.1, -0.05) is 11.6 Å². The van der Waals surface area contributed by atoms with Gasteiger partial charge in [0, 0.05) is 25.7 Å². The van der Waals surface area contributed by atoms with Gasteiger partial charge in [0.2, 0.25) is 0 Å². The fraction of sp³-hybridized carbons (Fsp3) is 0.278. The molecule has 0 bridgehead atoms. The monoisotopic (exact) mass is 387 g/mol. The molecule has 1 aromatic carbocycles. The Kier molecular flexibility index (Phi) is 4.27. The van der Waals surface area contributed by atoms with Gasteiger partial charge < -0.3 is 15.0 Å². The van der Waals surface area contributed by atoms with Crippen LogP contribution in [-0.4, -0.2) is 45.8 Å². The van der Waals surface area contributed by atoms with Gasteiger partial charge in [0.25, 0.3) is 11.5 Å². The smallest absolute Gasteiger partial charge is 0.277 e. The second kappa shape index (κ2) is 6.62. The van der Waals surface area contributed by atoms with Gasteiger partial charge in [-0.2, -0.15) is 0 Å². The van der Waals surface area contributed by atoms with Gasteiger partial charge in [-0.3, -0.25) is 19.4 Å². The highest BCUT2D eigenvalue weighted by molar-refractivity contribution is 6.30. The Balaban J connectivity index is 1.73. The number of benzene rings is 1. The molecule has 1 aliphatic rings. The maximum Gasteiger partial charge on any atom is 0.277 e. The van der Waals surface area contributed by atoms with E-state index in [0.29, 0.717) is 33.7 Å². The quantitative estimate of drug-likeness (QED) is 0.671. The van der Waals surface area contributed by atoms with Crippen molar-refractivity contribution in [2.24, 2.45) is 7.05 Å². The van der Waals surface area contributed by atoms with Crippen LogP contribution in [0.4, 0.5) is 11.4 Å². The highest BCUT2D eigenvalue weighted by Crippen LogP contribution is 2.32. The van der Waals surface area contributed by atoms with E-state index in [-0.39, 0.29) is 16.6 Å². The van der Waals surface area contributed by atoms with Gasteiger partial charge in [-0.05, 0) is 30.7 Å². The lowest BCUT2D eigenvalue weighted by atomic mass is 10.1. The van der Waals surface area contributed by atoms with Gasteiger partial charge >= 0.3 is 0 Å². The van der Waals surface area contributed by atoms with Crippen molar-refractivity contribution in [2.75, 3.05) is 25.5 Å². The molecule has 27 heavy (non-hydrogen) atoms. The van der Waals surface area contributed by atoms with Crippen LogP contribution in [0.1, 0.15) is 16.8 Å². The number of halogens is 1. The third kappa shape index (κ3) is 3.02. The number of nitrogens with one attached hydrogen (secondary N) is 2. The zero-order valence-electron chi connectivity index (χ0n) is 14.9. The minimum Gasteiger partial charge on any atom is -0.495 e. The van der Waals surface area contributed by atoms with E-state index >= 15 is 0 Å². The predicted molar refractivity (Wildman–Crippen MR) is 103 cm³/mol. The molecule has 1 fully saturated rings. The summed E-state index contributed by atoms with van der Waals surface area (Å²) in [5.74, 6) is 0.481. The summed E-state index contributed by atoms with van der Waals surface area (Å²) in [6.45, 7) is 1.57. The summed E-state index contributed by atoms with van der Waals surface area (Å²) in [5.41, 5.74) is 1.85. The number of aromatic amines is 1. The summed E-state index contributed by atoms with van der Waals surface area (Å²) in [6.07, 6.45) is 1.03. The van der Waals surface area contributed by atoms with Crippen molar-refractivity contribution < 1.29 is 9.53 Å². The van der Waals surface area contributed by atoms with E-state index in [9.17, 15) is 9.59 Å². The number of aromatic nitrogens is 3. The molecule has 2 N–H and O–H groups in total. The second-order valence-corrected chi connectivity index (χ2v) is 6.77. The van der Waals surface area contributed by atoms with Gasteiger partial charge in [0.15, 0.2) is 5.65 Å². The molecular weight excluding hydrogens is 370 g/mol. The van der Waals surface area contributed by atoms with E-state index in [0.717, 1.165) is 19.5 Å². The maximum absolute atomic E-state index is 12.4. The van der Waals surface area contributed by atoms with Crippen molar-refractivity contribution in [3.8, 4) is 5.75 Å². The topological polar surface area (TPSA) is 92.2 Å². The Morgan fingerprint density at radius 2 is 2.07 bits per heavy atom. The predicted octanol–water partition coefficient (Wildman–Crippen LogP) is 2.51. The van der Waals surface area contributed by atoms with Gasteiger partial charge in [-0.25, -0.2) is 4.98 Å². The van der Waals surface area contributed by atoms with E-state index in [1.54, 1.807) is 36.2 Å². The summed E-state index contributed by atoms with van der Waals surface area (Å²) in [7, 11) is 3.14. The first kappa shape index (κ1) is 17.4. The fourth-order valence-corrected chi connectivity index (χ4v) is 3.26. The molecule has 3 aromatic rings. The molecule has 1 aliphatic heterocycles. The standard InChI is InChI=1S/C18H18ClN5O3/c1-23-18(26)15-12(9-14(19)21-16(15)22-23)20-11-5-4-10(8-13(11)27-2)17(25)24-6-3-7-24/h4-5,8-9H,3,6-7H2,1-2H3,(H2,20,21,22). The van der Waals surface area contributed by atoms with Gasteiger partial charge in [0.05, 0.1) is 18.5 Å². The third-order valence-electron chi connectivity index (χ3n) is 4.64. The zero-order chi connectivity index (χ0) is 19.1. The molecule has 1 saturated heterocycles. The van der Waals surface area contributed by atoms with Crippen LogP contribution < -0.4 is 15.6 Å². The molecule has 2 aromatic heterocycles. The number of hydrogen-bond acceptors (Lipinski definition) is 5. The number of hydrogen-bond donors (Lipinski definition) is 2. The Morgan fingerprint density at radius 1 is 1.30 bits per heavy atom. The average molecular weight is 388 g/mol. The van der Waals surface area contributed by atoms with E-state index in [4.69, 9.17) is 16.3 Å². The van der Waals surface area contributed by atoms with Crippen LogP contribution in [0.15, 0.2) is 29.1 Å². The number of likely N-dealkylation sites (tertiary alicyclic amines) is 1. The van der Waals surface area contributed by atoms with E-state index in [1.165, 1.54) is 11.8 Å². The van der Waals surface area contributed by atoms with Crippen LogP contribution in [0.5, 0.6) is 5.75 Å². The molecule has 140 valence electrons. The first-order valence-electron chi connectivity index (χ1n) is 8.47. The number of aryl methyl sites for hydroxylation is 1. The molecule has 0 saturated carbocycles. The number of H-pyrrole nitrogens is 1. The molecule has 4 rings (SSSR count). The van der Waals surface area contributed by atoms with Crippen molar-refractivity contribution in [1.82, 2.24) is 19.7 Å². The lowest BCUT2D eigenvalue weighted by Gasteiger charge is -2.31. The van der Waals surface area contributed by atoms with Crippen LogP contribution in [-0.2, 0) is 7.05 Å². The molecule has 3 heterocycles. The number of carbonyl (C=O) groups excluding carboxylic acids is 1. The zero-order valence-corrected chi connectivity index (χ0v) is 15.6. The lowest BCUT2D eigenvalue weighted by Crippen LogP contribution is -2.42. The summed E-state index contributed by atoms with van der Waals surface area (Å²) in [4.78, 5) is 30.7. The summed E-state index contributed by atoms with van der Waals surface area (Å²) >= 11 is 6.09. The number of pyridine rings is 1. The molecule has 0 aliphatic carbocycles. The van der Waals surface area contributed by atoms with Crippen LogP contribution in [0.25, 0.3) is 11.0 Å². The Bertz CT molecular complexity index is 1100. The number of methoxy groups -OCH3 is 1. The van der Waals surface area contributed by atoms with E-state index < -0.39 is 0 Å². The fourth-order valence-electron chi connectivity index (χ4n) is 3.06. The number of nitrogens with zero attached hydrogens (tertiary/aromatic N) is 3. The molecular formula is C18H18ClN5O3. The number of fused-ring (bicyclic) bond motifs is 1. The van der Waals surface area contributed by atoms with Crippen molar-refractivity contribution >= 4 is 39.9 Å². The van der Waals surface area contributed by atoms with Crippen LogP contribution in [0.2, 0.25) is 5.15 Å². The largest absolute Gasteiger partial charge is 0.495 e. The van der Waals surface area contributed by atoms with Gasteiger partial charge in [0.1, 0.15) is 16.3 Å². The number of ether oxygens (including phenoxy) is 1. The first-order valence-corrected chi connectivity index (χ1v) is 8.85. The highest BCUT2D eigenvalue weighted by atomic mass is 35.5. The molecule has 8 nitrogen and oxygen atoms in total. The highest BCUT2D eigenvalue weighted by Gasteiger charge is 2.22. The third-order valence-corrected chi connectivity index (χ3v) is 4.84. The van der Waals surface area contributed by atoms with Crippen molar-refractivity contribution in [1.29, 1.82) is 0 Å². The number of amides is 1. The molecule has 0 unspecified atom stereocenters. The summed E-state index contributed by atoms with van der Waals surface area (Å²) < 4.78 is 6.78. The van der Waals surface area contributed by atoms with Crippen molar-refractivity contribution in [3.63, 3.8) is 0 Å². The van der Waals surface area contributed by atoms with Crippen molar-refractivity contribution in [2.45, 2.75) is 6.42 Å². The number of anilines is 2. The van der Waals surface area contributed by atoms with Gasteiger partial charge in [-0.15, -0.1) is 0 Å². The van der Waals surface area contributed by atoms with E-state index in [1.807, 2.05) is 0 Å². The molecule has 0 atom stereocenters. The van der Waals surface area contributed by atoms with Crippen molar-refractivity contribution in [3.05, 3.63) is 45.3 Å². The molecule has 9 heteroatoms. The van der Waals surface area contributed by atoms with Crippen LogP contribution in [0, 0.1) is 0 Å². The maximum atomic E-state index is 12.4. The van der Waals surface area contributed by atoms with E-state index in [2.05, 4.69) is 15.4 Å². The van der Waals surface area contributed by atoms with Crippen LogP contribution >= 0.6 is 11.6 Å². The summed E-state index contributed by atoms with van der Waals surface area (Å²) in [6, 6.07) is 6.76. The number of rotatable bonds is 4. The lowest BCUT2D eigenvalue weighted by molar-refractivity contribution is 0.0651. The molecule has 0 spiro atoms. The molecule has 0 radical (unpaired) electrons. The molecule has 1 amide bonds. The minimum absolute atomic E-state index is 0.0139. The second-order valence-electron chi connectivity index (χ2n) is 6.38. The first-order chi connectivity index (χ1) is 13.0. The normalized spacial score (nSPS) is 13.5. The minimum atomic E-state index is -0.222. The Labute approximate surface area is 159 Å². The number of carbonyl (C=O) groups is 1. The Hall–Kier alpha value is -3.00. The summed E-state index contributed by atoms with van der Waals surface area (Å²) in [5, 5.41) is 6.67. The van der Waals surface area contributed by atoms with Crippen LogP contribution in [0.3, 0.4) is 0 Å². The Morgan fingerprint density at radius 3 is 2.74 bits per heavy atom.